The summed E-state index contributed by atoms with van der Waals surface area (Å²) in [4.78, 5) is 18.9. The quantitative estimate of drug-likeness (QED) is 0.375. The number of hydrogen-bond donors (Lipinski definition) is 2. The average Bonchev–Trinajstić information content (AvgIpc) is 3.41. The summed E-state index contributed by atoms with van der Waals surface area (Å²) in [6.45, 7) is 5.67. The second kappa shape index (κ2) is 11.8. The molecule has 1 aromatic carbocycles. The fourth-order valence-electron chi connectivity index (χ4n) is 7.09. The van der Waals surface area contributed by atoms with Crippen molar-refractivity contribution in [3.63, 3.8) is 0 Å². The lowest BCUT2D eigenvalue weighted by atomic mass is 9.65. The van der Waals surface area contributed by atoms with E-state index in [-0.39, 0.29) is 11.7 Å². The molecule has 1 spiro atoms. The largest absolute Gasteiger partial charge is 0.494 e. The molecule has 2 saturated heterocycles. The lowest BCUT2D eigenvalue weighted by Crippen LogP contribution is -2.42. The van der Waals surface area contributed by atoms with Crippen LogP contribution in [0.2, 0.25) is 0 Å². The van der Waals surface area contributed by atoms with Crippen LogP contribution in [-0.2, 0) is 6.18 Å². The molecule has 3 fully saturated rings. The summed E-state index contributed by atoms with van der Waals surface area (Å²) < 4.78 is 46.7. The van der Waals surface area contributed by atoms with Crippen molar-refractivity contribution in [2.24, 2.45) is 11.3 Å². The van der Waals surface area contributed by atoms with Crippen LogP contribution in [0.4, 0.5) is 18.9 Å². The first-order valence-corrected chi connectivity index (χ1v) is 15.1. The van der Waals surface area contributed by atoms with Gasteiger partial charge < -0.3 is 20.3 Å². The number of amides is 1. The lowest BCUT2D eigenvalue weighted by Gasteiger charge is -2.44. The summed E-state index contributed by atoms with van der Waals surface area (Å²) >= 11 is 0. The Morgan fingerprint density at radius 3 is 2.52 bits per heavy atom. The molecule has 6 rings (SSSR count). The van der Waals surface area contributed by atoms with Gasteiger partial charge in [0.05, 0.1) is 24.4 Å². The lowest BCUT2D eigenvalue weighted by molar-refractivity contribution is -0.141. The zero-order valence-electron chi connectivity index (χ0n) is 24.1. The van der Waals surface area contributed by atoms with Gasteiger partial charge in [0, 0.05) is 37.3 Å². The molecule has 42 heavy (non-hydrogen) atoms. The highest BCUT2D eigenvalue weighted by molar-refractivity contribution is 6.05. The molecular formula is C31H39F3N6O2. The van der Waals surface area contributed by atoms with Crippen LogP contribution in [0.5, 0.6) is 5.75 Å². The number of ether oxygens (including phenoxy) is 1. The Kier molecular flexibility index (Phi) is 8.15. The maximum atomic E-state index is 13.1. The molecule has 11 heteroatoms. The predicted octanol–water partition coefficient (Wildman–Crippen LogP) is 5.91. The normalized spacial score (nSPS) is 20.7. The molecule has 0 bridgehead atoms. The first kappa shape index (κ1) is 28.9. The van der Waals surface area contributed by atoms with Crippen molar-refractivity contribution in [1.82, 2.24) is 25.0 Å². The van der Waals surface area contributed by atoms with Crippen molar-refractivity contribution >= 4 is 22.5 Å². The fourth-order valence-corrected chi connectivity index (χ4v) is 7.09. The number of carbonyl (C=O) groups excluding carboxylic acids is 1. The molecule has 0 atom stereocenters. The molecule has 4 heterocycles. The minimum atomic E-state index is -4.64. The van der Waals surface area contributed by atoms with E-state index in [1.807, 2.05) is 10.9 Å². The highest BCUT2D eigenvalue weighted by Gasteiger charge is 2.37. The number of methoxy groups -OCH3 is 1. The van der Waals surface area contributed by atoms with Crippen LogP contribution in [0, 0.1) is 11.3 Å². The molecular weight excluding hydrogens is 545 g/mol. The van der Waals surface area contributed by atoms with Crippen molar-refractivity contribution in [3.05, 3.63) is 47.9 Å². The van der Waals surface area contributed by atoms with Gasteiger partial charge in [0.15, 0.2) is 0 Å². The number of hydrogen-bond acceptors (Lipinski definition) is 6. The number of nitrogens with zero attached hydrogens (tertiary/aromatic N) is 4. The number of halogens is 3. The van der Waals surface area contributed by atoms with Crippen molar-refractivity contribution < 1.29 is 22.7 Å². The van der Waals surface area contributed by atoms with Gasteiger partial charge in [0.1, 0.15) is 17.1 Å². The topological polar surface area (TPSA) is 84.3 Å². The molecule has 226 valence electrons. The minimum absolute atomic E-state index is 0.288. The smallest absolute Gasteiger partial charge is 0.433 e. The van der Waals surface area contributed by atoms with Crippen molar-refractivity contribution in [3.8, 4) is 5.75 Å². The van der Waals surface area contributed by atoms with Crippen LogP contribution in [0.3, 0.4) is 0 Å². The number of rotatable bonds is 6. The van der Waals surface area contributed by atoms with Gasteiger partial charge in [-0.25, -0.2) is 4.98 Å². The number of likely N-dealkylation sites (tertiary alicyclic amines) is 1. The standard InChI is InChI=1S/C31H39F3N6O2/c1-42-27-18-25-22(17-26(27)37-29(41)24-3-2-4-28(36-24)31(32,33)34)20-40(38-25)23-7-15-39(16-8-23)19-21-5-9-30(10-6-21)11-13-35-14-12-30/h2-4,17-18,20-21,23,35H,5-16,19H2,1H3,(H,37,41). The maximum absolute atomic E-state index is 13.1. The van der Waals surface area contributed by atoms with Gasteiger partial charge in [-0.15, -0.1) is 0 Å². The molecule has 1 aliphatic carbocycles. The summed E-state index contributed by atoms with van der Waals surface area (Å²) in [5.41, 5.74) is 0.251. The molecule has 0 unspecified atom stereocenters. The Labute approximate surface area is 244 Å². The number of piperidine rings is 2. The van der Waals surface area contributed by atoms with Gasteiger partial charge in [-0.1, -0.05) is 6.07 Å². The Balaban J connectivity index is 1.07. The minimum Gasteiger partial charge on any atom is -0.494 e. The van der Waals surface area contributed by atoms with Gasteiger partial charge in [-0.2, -0.15) is 18.3 Å². The Bertz CT molecular complexity index is 1400. The maximum Gasteiger partial charge on any atom is 0.433 e. The van der Waals surface area contributed by atoms with Crippen LogP contribution in [-0.4, -0.2) is 65.4 Å². The molecule has 1 amide bonds. The highest BCUT2D eigenvalue weighted by Crippen LogP contribution is 2.45. The van der Waals surface area contributed by atoms with Crippen molar-refractivity contribution in [1.29, 1.82) is 0 Å². The molecule has 2 N–H and O–H groups in total. The number of benzene rings is 1. The van der Waals surface area contributed by atoms with Crippen LogP contribution in [0.25, 0.3) is 10.9 Å². The number of anilines is 1. The zero-order valence-corrected chi connectivity index (χ0v) is 24.1. The van der Waals surface area contributed by atoms with E-state index in [1.165, 1.54) is 77.4 Å². The van der Waals surface area contributed by atoms with Crippen LogP contribution in [0.15, 0.2) is 36.5 Å². The van der Waals surface area contributed by atoms with Gasteiger partial charge in [0.2, 0.25) is 0 Å². The van der Waals surface area contributed by atoms with Gasteiger partial charge >= 0.3 is 6.18 Å². The molecule has 2 aliphatic heterocycles. The molecule has 0 radical (unpaired) electrons. The average molecular weight is 585 g/mol. The number of fused-ring (bicyclic) bond motifs is 1. The summed E-state index contributed by atoms with van der Waals surface area (Å²) in [6.07, 6.45) is 7.57. The SMILES string of the molecule is COc1cc2nn(C3CCN(CC4CCC5(CCNCC5)CC4)CC3)cc2cc1NC(=O)c1cccc(C(F)(F)F)n1. The third kappa shape index (κ3) is 6.27. The Hall–Kier alpha value is -3.18. The van der Waals surface area contributed by atoms with Crippen LogP contribution < -0.4 is 15.4 Å². The second-order valence-electron chi connectivity index (χ2n) is 12.3. The second-order valence-corrected chi connectivity index (χ2v) is 12.3. The predicted molar refractivity (Wildman–Crippen MR) is 155 cm³/mol. The summed E-state index contributed by atoms with van der Waals surface area (Å²) in [6, 6.07) is 7.03. The number of aromatic nitrogens is 3. The van der Waals surface area contributed by atoms with E-state index in [4.69, 9.17) is 9.84 Å². The first-order valence-electron chi connectivity index (χ1n) is 15.1. The van der Waals surface area contributed by atoms with Crippen LogP contribution >= 0.6 is 0 Å². The number of carbonyl (C=O) groups is 1. The molecule has 1 saturated carbocycles. The van der Waals surface area contributed by atoms with E-state index in [9.17, 15) is 18.0 Å². The fraction of sp³-hybridized carbons (Fsp3) is 0.581. The van der Waals surface area contributed by atoms with E-state index in [1.54, 1.807) is 12.1 Å². The third-order valence-corrected chi connectivity index (χ3v) is 9.64. The van der Waals surface area contributed by atoms with E-state index in [0.29, 0.717) is 16.9 Å². The number of alkyl halides is 3. The zero-order chi connectivity index (χ0) is 29.3. The van der Waals surface area contributed by atoms with Crippen molar-refractivity contribution in [2.45, 2.75) is 63.6 Å². The first-order chi connectivity index (χ1) is 20.2. The molecule has 8 nitrogen and oxygen atoms in total. The number of nitrogens with one attached hydrogen (secondary N) is 2. The summed E-state index contributed by atoms with van der Waals surface area (Å²) in [5, 5.41) is 11.8. The monoisotopic (exact) mass is 584 g/mol. The Morgan fingerprint density at radius 1 is 1.10 bits per heavy atom. The third-order valence-electron chi connectivity index (χ3n) is 9.64. The van der Waals surface area contributed by atoms with E-state index in [2.05, 4.69) is 20.5 Å². The highest BCUT2D eigenvalue weighted by atomic mass is 19.4. The van der Waals surface area contributed by atoms with Gasteiger partial charge in [0.25, 0.3) is 5.91 Å². The Morgan fingerprint density at radius 2 is 1.83 bits per heavy atom. The van der Waals surface area contributed by atoms with E-state index in [0.717, 1.165) is 48.8 Å². The number of pyridine rings is 1. The van der Waals surface area contributed by atoms with Crippen molar-refractivity contribution in [2.75, 3.05) is 45.2 Å². The molecule has 2 aromatic heterocycles. The van der Waals surface area contributed by atoms with E-state index >= 15 is 0 Å². The molecule has 3 aromatic rings. The van der Waals surface area contributed by atoms with Crippen LogP contribution in [0.1, 0.15) is 73.6 Å². The molecule has 3 aliphatic rings. The summed E-state index contributed by atoms with van der Waals surface area (Å²) in [7, 11) is 1.48. The van der Waals surface area contributed by atoms with Gasteiger partial charge in [-0.05, 0) is 94.0 Å². The van der Waals surface area contributed by atoms with Gasteiger partial charge in [-0.3, -0.25) is 9.48 Å². The van der Waals surface area contributed by atoms with E-state index < -0.39 is 17.8 Å². The summed E-state index contributed by atoms with van der Waals surface area (Å²) in [5.74, 6) is 0.436.